The second-order valence-electron chi connectivity index (χ2n) is 3.55. The van der Waals surface area contributed by atoms with Crippen LogP contribution < -0.4 is 11.2 Å². The van der Waals surface area contributed by atoms with E-state index in [2.05, 4.69) is 10.5 Å². The molecule has 0 aliphatic heterocycles. The first kappa shape index (κ1) is 13.2. The van der Waals surface area contributed by atoms with E-state index in [1.54, 1.807) is 24.3 Å². The molecule has 1 aromatic carbocycles. The van der Waals surface area contributed by atoms with E-state index in [0.717, 1.165) is 5.56 Å². The number of urea groups is 1. The largest absolute Gasteiger partial charge is 0.350 e. The Balaban J connectivity index is 2.68. The third-order valence-electron chi connectivity index (χ3n) is 1.80. The SMILES string of the molecule is CS(=O)(=O)Cc1ccc(C=NNC(N)=O)cc1. The third-order valence-corrected chi connectivity index (χ3v) is 2.65. The fourth-order valence-corrected chi connectivity index (χ4v) is 1.97. The average Bonchev–Trinajstić information content (AvgIpc) is 2.18. The van der Waals surface area contributed by atoms with Gasteiger partial charge in [-0.15, -0.1) is 0 Å². The van der Waals surface area contributed by atoms with E-state index < -0.39 is 15.9 Å². The Morgan fingerprint density at radius 1 is 1.41 bits per heavy atom. The van der Waals surface area contributed by atoms with E-state index in [0.29, 0.717) is 5.56 Å². The summed E-state index contributed by atoms with van der Waals surface area (Å²) >= 11 is 0. The lowest BCUT2D eigenvalue weighted by molar-refractivity contribution is 0.249. The van der Waals surface area contributed by atoms with Gasteiger partial charge in [-0.1, -0.05) is 24.3 Å². The maximum absolute atomic E-state index is 11.0. The number of hydrogen-bond donors (Lipinski definition) is 2. The Morgan fingerprint density at radius 2 is 2.00 bits per heavy atom. The van der Waals surface area contributed by atoms with Crippen LogP contribution in [0, 0.1) is 0 Å². The van der Waals surface area contributed by atoms with E-state index in [1.165, 1.54) is 12.5 Å². The number of amides is 2. The number of hydrogen-bond acceptors (Lipinski definition) is 4. The molecule has 0 heterocycles. The molecule has 0 bridgehead atoms. The molecular weight excluding hydrogens is 242 g/mol. The van der Waals surface area contributed by atoms with Gasteiger partial charge in [-0.3, -0.25) is 0 Å². The fraction of sp³-hybridized carbons (Fsp3) is 0.200. The zero-order chi connectivity index (χ0) is 12.9. The summed E-state index contributed by atoms with van der Waals surface area (Å²) in [6.07, 6.45) is 2.59. The van der Waals surface area contributed by atoms with Crippen molar-refractivity contribution in [2.24, 2.45) is 10.8 Å². The van der Waals surface area contributed by atoms with Gasteiger partial charge in [-0.25, -0.2) is 18.6 Å². The van der Waals surface area contributed by atoms with Crippen molar-refractivity contribution < 1.29 is 13.2 Å². The molecule has 0 saturated heterocycles. The van der Waals surface area contributed by atoms with Crippen LogP contribution in [0.3, 0.4) is 0 Å². The summed E-state index contributed by atoms with van der Waals surface area (Å²) < 4.78 is 22.1. The summed E-state index contributed by atoms with van der Waals surface area (Å²) in [5.74, 6) is 0.00393. The number of carbonyl (C=O) groups is 1. The number of nitrogens with one attached hydrogen (secondary N) is 1. The van der Waals surface area contributed by atoms with Gasteiger partial charge in [0.15, 0.2) is 9.84 Å². The molecule has 2 amide bonds. The number of nitrogens with zero attached hydrogens (tertiary/aromatic N) is 1. The van der Waals surface area contributed by atoms with Crippen LogP contribution in [0.5, 0.6) is 0 Å². The van der Waals surface area contributed by atoms with Crippen LogP contribution >= 0.6 is 0 Å². The van der Waals surface area contributed by atoms with Crippen LogP contribution in [-0.4, -0.2) is 26.9 Å². The van der Waals surface area contributed by atoms with Crippen molar-refractivity contribution in [3.63, 3.8) is 0 Å². The second kappa shape index (κ2) is 5.44. The number of benzene rings is 1. The summed E-state index contributed by atoms with van der Waals surface area (Å²) in [4.78, 5) is 10.3. The molecule has 17 heavy (non-hydrogen) atoms. The predicted octanol–water partition coefficient (Wildman–Crippen LogP) is 0.233. The molecule has 1 rings (SSSR count). The van der Waals surface area contributed by atoms with Gasteiger partial charge in [0, 0.05) is 6.26 Å². The predicted molar refractivity (Wildman–Crippen MR) is 65.3 cm³/mol. The molecule has 3 N–H and O–H groups in total. The topological polar surface area (TPSA) is 102 Å². The van der Waals surface area contributed by atoms with Crippen LogP contribution in [0.4, 0.5) is 4.79 Å². The molecule has 0 aromatic heterocycles. The first-order chi connectivity index (χ1) is 7.87. The Morgan fingerprint density at radius 3 is 2.47 bits per heavy atom. The Kier molecular flexibility index (Phi) is 4.22. The molecule has 0 radical (unpaired) electrons. The molecule has 1 aromatic rings. The molecule has 0 spiro atoms. The van der Waals surface area contributed by atoms with Gasteiger partial charge in [0.2, 0.25) is 0 Å². The molecule has 0 aliphatic rings. The van der Waals surface area contributed by atoms with Gasteiger partial charge < -0.3 is 5.73 Å². The summed E-state index contributed by atoms with van der Waals surface area (Å²) in [6, 6.07) is 6.04. The standard InChI is InChI=1S/C10H13N3O3S/c1-17(15,16)7-9-4-2-8(3-5-9)6-12-13-10(11)14/h2-6H,7H2,1H3,(H3,11,13,14). The minimum absolute atomic E-state index is 0.00393. The lowest BCUT2D eigenvalue weighted by atomic mass is 10.2. The molecule has 7 heteroatoms. The molecule has 6 nitrogen and oxygen atoms in total. The van der Waals surface area contributed by atoms with Crippen molar-refractivity contribution >= 4 is 22.1 Å². The Bertz CT molecular complexity index is 520. The number of rotatable bonds is 4. The highest BCUT2D eigenvalue weighted by Gasteiger charge is 2.03. The third kappa shape index (κ3) is 5.67. The van der Waals surface area contributed by atoms with Crippen molar-refractivity contribution in [3.05, 3.63) is 35.4 Å². The number of sulfone groups is 1. The zero-order valence-electron chi connectivity index (χ0n) is 9.25. The minimum atomic E-state index is -3.03. The number of nitrogens with two attached hydrogens (primary N) is 1. The van der Waals surface area contributed by atoms with Crippen LogP contribution in [0.1, 0.15) is 11.1 Å². The molecule has 0 unspecified atom stereocenters. The number of hydrazone groups is 1. The van der Waals surface area contributed by atoms with Crippen LogP contribution in [-0.2, 0) is 15.6 Å². The summed E-state index contributed by atoms with van der Waals surface area (Å²) in [6.45, 7) is 0. The maximum Gasteiger partial charge on any atom is 0.332 e. The maximum atomic E-state index is 11.0. The van der Waals surface area contributed by atoms with Crippen molar-refractivity contribution in [1.29, 1.82) is 0 Å². The first-order valence-electron chi connectivity index (χ1n) is 4.72. The highest BCUT2D eigenvalue weighted by atomic mass is 32.2. The van der Waals surface area contributed by atoms with Gasteiger partial charge in [0.25, 0.3) is 0 Å². The van der Waals surface area contributed by atoms with Crippen LogP contribution in [0.2, 0.25) is 0 Å². The van der Waals surface area contributed by atoms with Crippen molar-refractivity contribution in [1.82, 2.24) is 5.43 Å². The van der Waals surface area contributed by atoms with Gasteiger partial charge in [0.1, 0.15) is 0 Å². The Hall–Kier alpha value is -1.89. The molecule has 0 saturated carbocycles. The smallest absolute Gasteiger partial charge is 0.332 e. The molecule has 0 atom stereocenters. The molecule has 0 fully saturated rings. The number of primary amides is 1. The summed E-state index contributed by atoms with van der Waals surface area (Å²) in [7, 11) is -3.03. The van der Waals surface area contributed by atoms with E-state index >= 15 is 0 Å². The highest BCUT2D eigenvalue weighted by Crippen LogP contribution is 2.06. The average molecular weight is 255 g/mol. The molecular formula is C10H13N3O3S. The van der Waals surface area contributed by atoms with E-state index in [4.69, 9.17) is 5.73 Å². The van der Waals surface area contributed by atoms with E-state index in [-0.39, 0.29) is 5.75 Å². The van der Waals surface area contributed by atoms with Crippen LogP contribution in [0.25, 0.3) is 0 Å². The van der Waals surface area contributed by atoms with Crippen molar-refractivity contribution in [2.45, 2.75) is 5.75 Å². The fourth-order valence-electron chi connectivity index (χ4n) is 1.17. The van der Waals surface area contributed by atoms with E-state index in [1.807, 2.05) is 0 Å². The van der Waals surface area contributed by atoms with Gasteiger partial charge in [-0.05, 0) is 11.1 Å². The quantitative estimate of drug-likeness (QED) is 0.594. The van der Waals surface area contributed by atoms with Gasteiger partial charge in [0.05, 0.1) is 12.0 Å². The highest BCUT2D eigenvalue weighted by molar-refractivity contribution is 7.89. The lowest BCUT2D eigenvalue weighted by Gasteiger charge is -1.99. The van der Waals surface area contributed by atoms with Crippen LogP contribution in [0.15, 0.2) is 29.4 Å². The normalized spacial score (nSPS) is 11.6. The summed E-state index contributed by atoms with van der Waals surface area (Å²) in [5, 5.41) is 3.58. The van der Waals surface area contributed by atoms with Gasteiger partial charge in [-0.2, -0.15) is 5.10 Å². The number of carbonyl (C=O) groups excluding carboxylic acids is 1. The zero-order valence-corrected chi connectivity index (χ0v) is 10.1. The lowest BCUT2D eigenvalue weighted by Crippen LogP contribution is -2.24. The second-order valence-corrected chi connectivity index (χ2v) is 5.69. The van der Waals surface area contributed by atoms with E-state index in [9.17, 15) is 13.2 Å². The minimum Gasteiger partial charge on any atom is -0.350 e. The molecule has 0 aliphatic carbocycles. The first-order valence-corrected chi connectivity index (χ1v) is 6.78. The molecule has 92 valence electrons. The summed E-state index contributed by atoms with van der Waals surface area (Å²) in [5.41, 5.74) is 8.31. The van der Waals surface area contributed by atoms with Crippen molar-refractivity contribution in [2.75, 3.05) is 6.26 Å². The van der Waals surface area contributed by atoms with Gasteiger partial charge >= 0.3 is 6.03 Å². The Labute approximate surface area is 99.4 Å². The van der Waals surface area contributed by atoms with Crippen molar-refractivity contribution in [3.8, 4) is 0 Å². The monoisotopic (exact) mass is 255 g/mol.